The van der Waals surface area contributed by atoms with Gasteiger partial charge < -0.3 is 9.88 Å². The maximum Gasteiger partial charge on any atom is 0.147 e. The standard InChI is InChI=1S/C28H36ClN9/c1-2-23-18-36(28-26(29)15-22(16-33-28)27-31-9-10-32-27)13-14-37(23)24-7-11-35(12-8-24)17-21-3-5-25(6-4-21)38-20-30-19-34-38/h3-6,9-10,15-16,20,23-24,34H,2,7-8,11-14,17-19H2,1H3,(H,31,32)/t23-/m0/s1. The smallest absolute Gasteiger partial charge is 0.147 e. The van der Waals surface area contributed by atoms with Crippen LogP contribution < -0.4 is 15.3 Å². The second kappa shape index (κ2) is 11.4. The summed E-state index contributed by atoms with van der Waals surface area (Å²) in [5.74, 6) is 1.67. The molecule has 2 aromatic heterocycles. The van der Waals surface area contributed by atoms with Gasteiger partial charge in [0, 0.05) is 62.4 Å². The Bertz CT molecular complexity index is 1220. The number of nitrogens with zero attached hydrogens (tertiary/aromatic N) is 7. The molecule has 0 radical (unpaired) electrons. The molecule has 0 saturated carbocycles. The predicted octanol–water partition coefficient (Wildman–Crippen LogP) is 4.00. The van der Waals surface area contributed by atoms with E-state index in [9.17, 15) is 0 Å². The van der Waals surface area contributed by atoms with Crippen molar-refractivity contribution in [3.05, 3.63) is 59.5 Å². The topological polar surface area (TPSA) is 78.9 Å². The molecule has 3 aromatic rings. The SMILES string of the molecule is CC[C@H]1CN(c2ncc(-c3ncc[nH]3)cc2Cl)CCN1C1CCN(Cc2ccc(N3C=NCN3)cc2)CC1. The molecule has 10 heteroatoms. The molecular formula is C28H36ClN9. The fraction of sp³-hybridized carbons (Fsp3) is 0.464. The molecule has 2 fully saturated rings. The van der Waals surface area contributed by atoms with Crippen LogP contribution in [0.3, 0.4) is 0 Å². The average molecular weight is 534 g/mol. The van der Waals surface area contributed by atoms with Crippen LogP contribution in [0.1, 0.15) is 31.7 Å². The number of hydrogen-bond acceptors (Lipinski definition) is 8. The molecule has 2 saturated heterocycles. The van der Waals surface area contributed by atoms with Crippen molar-refractivity contribution in [2.45, 2.75) is 44.8 Å². The molecule has 0 amide bonds. The summed E-state index contributed by atoms with van der Waals surface area (Å²) in [7, 11) is 0. The number of aromatic amines is 1. The van der Waals surface area contributed by atoms with E-state index < -0.39 is 0 Å². The van der Waals surface area contributed by atoms with Gasteiger partial charge in [0.15, 0.2) is 0 Å². The van der Waals surface area contributed by atoms with Gasteiger partial charge in [-0.15, -0.1) is 0 Å². The zero-order valence-corrected chi connectivity index (χ0v) is 22.7. The molecule has 0 spiro atoms. The van der Waals surface area contributed by atoms with E-state index in [0.29, 0.717) is 23.8 Å². The van der Waals surface area contributed by atoms with Gasteiger partial charge >= 0.3 is 0 Å². The Morgan fingerprint density at radius 3 is 2.58 bits per heavy atom. The van der Waals surface area contributed by atoms with Crippen LogP contribution in [0.2, 0.25) is 5.02 Å². The molecule has 3 aliphatic heterocycles. The van der Waals surface area contributed by atoms with E-state index in [1.165, 1.54) is 18.4 Å². The normalized spacial score (nSPS) is 21.5. The lowest BCUT2D eigenvalue weighted by Crippen LogP contribution is -2.58. The number of rotatable bonds is 7. The summed E-state index contributed by atoms with van der Waals surface area (Å²) in [6, 6.07) is 11.9. The van der Waals surface area contributed by atoms with Crippen molar-refractivity contribution in [3.63, 3.8) is 0 Å². The van der Waals surface area contributed by atoms with Crippen LogP contribution in [0, 0.1) is 0 Å². The van der Waals surface area contributed by atoms with Gasteiger partial charge in [-0.25, -0.2) is 15.4 Å². The third-order valence-corrected chi connectivity index (χ3v) is 8.35. The number of likely N-dealkylation sites (tertiary alicyclic amines) is 1. The third kappa shape index (κ3) is 5.42. The monoisotopic (exact) mass is 533 g/mol. The van der Waals surface area contributed by atoms with Gasteiger partial charge in [0.1, 0.15) is 24.6 Å². The number of H-pyrrole nitrogens is 1. The van der Waals surface area contributed by atoms with E-state index in [1.54, 1.807) is 6.20 Å². The van der Waals surface area contributed by atoms with Gasteiger partial charge in [-0.05, 0) is 56.1 Å². The summed E-state index contributed by atoms with van der Waals surface area (Å²) < 4.78 is 0. The molecule has 9 nitrogen and oxygen atoms in total. The van der Waals surface area contributed by atoms with E-state index in [2.05, 4.69) is 66.3 Å². The van der Waals surface area contributed by atoms with Crippen molar-refractivity contribution in [1.82, 2.24) is 30.2 Å². The summed E-state index contributed by atoms with van der Waals surface area (Å²) in [6.45, 7) is 9.22. The van der Waals surface area contributed by atoms with Crippen molar-refractivity contribution >= 4 is 29.4 Å². The first-order valence-electron chi connectivity index (χ1n) is 13.7. The quantitative estimate of drug-likeness (QED) is 0.475. The van der Waals surface area contributed by atoms with Gasteiger partial charge in [-0.1, -0.05) is 30.7 Å². The van der Waals surface area contributed by atoms with Crippen LogP contribution in [-0.4, -0.2) is 82.6 Å². The number of aromatic nitrogens is 3. The zero-order chi connectivity index (χ0) is 25.9. The van der Waals surface area contributed by atoms with E-state index in [4.69, 9.17) is 16.6 Å². The molecule has 38 heavy (non-hydrogen) atoms. The Balaban J connectivity index is 1.02. The Morgan fingerprint density at radius 2 is 1.89 bits per heavy atom. The Labute approximate surface area is 229 Å². The Hall–Kier alpha value is -2.98. The average Bonchev–Trinajstić information content (AvgIpc) is 3.69. The highest BCUT2D eigenvalue weighted by atomic mass is 35.5. The van der Waals surface area contributed by atoms with E-state index in [-0.39, 0.29) is 0 Å². The van der Waals surface area contributed by atoms with Crippen molar-refractivity contribution in [2.24, 2.45) is 4.99 Å². The lowest BCUT2D eigenvalue weighted by molar-refractivity contribution is 0.0610. The van der Waals surface area contributed by atoms with E-state index in [0.717, 1.165) is 68.6 Å². The predicted molar refractivity (Wildman–Crippen MR) is 154 cm³/mol. The fourth-order valence-electron chi connectivity index (χ4n) is 5.99. The summed E-state index contributed by atoms with van der Waals surface area (Å²) in [5, 5.41) is 2.66. The molecule has 0 aliphatic carbocycles. The van der Waals surface area contributed by atoms with Crippen LogP contribution in [0.5, 0.6) is 0 Å². The second-order valence-electron chi connectivity index (χ2n) is 10.4. The van der Waals surface area contributed by atoms with Crippen LogP contribution in [0.25, 0.3) is 11.4 Å². The molecule has 5 heterocycles. The maximum absolute atomic E-state index is 6.70. The maximum atomic E-state index is 6.70. The molecule has 1 atom stereocenters. The molecule has 200 valence electrons. The minimum Gasteiger partial charge on any atom is -0.353 e. The first-order chi connectivity index (χ1) is 18.7. The first kappa shape index (κ1) is 25.3. The molecule has 3 aliphatic rings. The third-order valence-electron chi connectivity index (χ3n) is 8.07. The number of hydrogen-bond donors (Lipinski definition) is 2. The lowest BCUT2D eigenvalue weighted by Gasteiger charge is -2.47. The van der Waals surface area contributed by atoms with E-state index >= 15 is 0 Å². The van der Waals surface area contributed by atoms with Crippen molar-refractivity contribution in [2.75, 3.05) is 49.3 Å². The highest BCUT2D eigenvalue weighted by molar-refractivity contribution is 6.33. The molecule has 0 unspecified atom stereocenters. The lowest BCUT2D eigenvalue weighted by atomic mass is 9.97. The number of halogens is 1. The number of piperidine rings is 1. The highest BCUT2D eigenvalue weighted by Crippen LogP contribution is 2.31. The number of benzene rings is 1. The van der Waals surface area contributed by atoms with Crippen molar-refractivity contribution in [1.29, 1.82) is 0 Å². The van der Waals surface area contributed by atoms with Gasteiger partial charge in [0.05, 0.1) is 10.7 Å². The van der Waals surface area contributed by atoms with Crippen LogP contribution in [0.4, 0.5) is 11.5 Å². The number of piperazine rings is 1. The van der Waals surface area contributed by atoms with Gasteiger partial charge in [0.2, 0.25) is 0 Å². The Kier molecular flexibility index (Phi) is 7.60. The molecule has 1 aromatic carbocycles. The van der Waals surface area contributed by atoms with Gasteiger partial charge in [0.25, 0.3) is 0 Å². The number of hydrazine groups is 1. The fourth-order valence-corrected chi connectivity index (χ4v) is 6.28. The number of nitrogens with one attached hydrogen (secondary N) is 2. The number of imidazole rings is 1. The summed E-state index contributed by atoms with van der Waals surface area (Å²) in [4.78, 5) is 24.1. The van der Waals surface area contributed by atoms with Crippen LogP contribution in [0.15, 0.2) is 53.9 Å². The summed E-state index contributed by atoms with van der Waals surface area (Å²) in [5.41, 5.74) is 6.63. The highest BCUT2D eigenvalue weighted by Gasteiger charge is 2.34. The number of pyridine rings is 1. The van der Waals surface area contributed by atoms with Gasteiger partial charge in [-0.3, -0.25) is 19.8 Å². The number of aliphatic imine (C=N–C) groups is 1. The minimum absolute atomic E-state index is 0.512. The zero-order valence-electron chi connectivity index (χ0n) is 21.9. The van der Waals surface area contributed by atoms with E-state index in [1.807, 2.05) is 29.8 Å². The second-order valence-corrected chi connectivity index (χ2v) is 10.8. The van der Waals surface area contributed by atoms with Crippen molar-refractivity contribution < 1.29 is 0 Å². The van der Waals surface area contributed by atoms with Crippen molar-refractivity contribution in [3.8, 4) is 11.4 Å². The minimum atomic E-state index is 0.512. The summed E-state index contributed by atoms with van der Waals surface area (Å²) >= 11 is 6.70. The number of anilines is 2. The summed E-state index contributed by atoms with van der Waals surface area (Å²) in [6.07, 6.45) is 10.8. The van der Waals surface area contributed by atoms with Crippen LogP contribution >= 0.6 is 11.6 Å². The van der Waals surface area contributed by atoms with Crippen LogP contribution in [-0.2, 0) is 6.54 Å². The first-order valence-corrected chi connectivity index (χ1v) is 14.1. The molecule has 0 bridgehead atoms. The molecule has 2 N–H and O–H groups in total. The molecule has 6 rings (SSSR count). The largest absolute Gasteiger partial charge is 0.353 e. The molecular weight excluding hydrogens is 498 g/mol. The Morgan fingerprint density at radius 1 is 1.05 bits per heavy atom. The van der Waals surface area contributed by atoms with Gasteiger partial charge in [-0.2, -0.15) is 0 Å².